The van der Waals surface area contributed by atoms with Gasteiger partial charge in [0.2, 0.25) is 0 Å². The first-order valence-corrected chi connectivity index (χ1v) is 6.45. The second-order valence-electron chi connectivity index (χ2n) is 2.34. The average Bonchev–Trinajstić information content (AvgIpc) is 2.91. The quantitative estimate of drug-likeness (QED) is 0.576. The molecule has 0 N–H and O–H groups in total. The van der Waals surface area contributed by atoms with E-state index in [1.165, 1.54) is 19.3 Å². The van der Waals surface area contributed by atoms with E-state index in [1.807, 2.05) is 41.5 Å². The van der Waals surface area contributed by atoms with Gasteiger partial charge in [0.05, 0.1) is 6.26 Å². The van der Waals surface area contributed by atoms with Crippen molar-refractivity contribution in [1.29, 1.82) is 0 Å². The van der Waals surface area contributed by atoms with Crippen molar-refractivity contribution in [1.82, 2.24) is 0 Å². The van der Waals surface area contributed by atoms with Gasteiger partial charge in [0.15, 0.2) is 17.8 Å². The molecule has 0 aromatic carbocycles. The molecule has 104 valence electrons. The topological polar surface area (TPSA) is 47.3 Å². The van der Waals surface area contributed by atoms with E-state index in [0.717, 1.165) is 0 Å². The van der Waals surface area contributed by atoms with Crippen LogP contribution in [0, 0.1) is 0 Å². The highest BCUT2D eigenvalue weighted by Crippen LogP contribution is 2.07. The molecule has 0 fully saturated rings. The fourth-order valence-electron chi connectivity index (χ4n) is 0.731. The molecule has 0 saturated heterocycles. The molecular weight excluding hydrogens is 228 g/mol. The Morgan fingerprint density at radius 3 is 1.94 bits per heavy atom. The monoisotopic (exact) mass is 254 g/mol. The number of allylic oxidation sites excluding steroid dienone is 1. The summed E-state index contributed by atoms with van der Waals surface area (Å²) in [4.78, 5) is 20.7. The van der Waals surface area contributed by atoms with Crippen LogP contribution in [0.25, 0.3) is 6.08 Å². The van der Waals surface area contributed by atoms with Crippen LogP contribution in [-0.4, -0.2) is 12.1 Å². The Balaban J connectivity index is -0.000000328. The molecule has 0 spiro atoms. The second kappa shape index (κ2) is 17.7. The summed E-state index contributed by atoms with van der Waals surface area (Å²) < 4.78 is 4.82. The zero-order valence-electron chi connectivity index (χ0n) is 12.6. The fraction of sp³-hybridized carbons (Fsp3) is 0.467. The third-order valence-corrected chi connectivity index (χ3v) is 1.27. The molecule has 3 nitrogen and oxygen atoms in total. The van der Waals surface area contributed by atoms with E-state index in [1.54, 1.807) is 12.1 Å². The standard InChI is InChI=1S/C9H8O3.3C2H6/c1-7(11)2-3-8-4-9(5-10)12-6-8;3*1-2/h2-6H,1H3;3*1-2H3/b3-2+;;;. The molecule has 0 atom stereocenters. The molecule has 0 unspecified atom stereocenters. The predicted molar refractivity (Wildman–Crippen MR) is 77.9 cm³/mol. The minimum Gasteiger partial charge on any atom is -0.461 e. The number of furan rings is 1. The summed E-state index contributed by atoms with van der Waals surface area (Å²) in [5.74, 6) is 0.224. The lowest BCUT2D eigenvalue weighted by molar-refractivity contribution is -0.112. The Kier molecular flexibility index (Phi) is 21.3. The van der Waals surface area contributed by atoms with Crippen molar-refractivity contribution in [3.63, 3.8) is 0 Å². The van der Waals surface area contributed by atoms with Crippen LogP contribution in [-0.2, 0) is 4.79 Å². The van der Waals surface area contributed by atoms with Gasteiger partial charge in [0.25, 0.3) is 0 Å². The molecule has 1 rings (SSSR count). The first-order chi connectivity index (χ1) is 8.72. The molecular formula is C15H26O3. The highest BCUT2D eigenvalue weighted by molar-refractivity contribution is 5.91. The van der Waals surface area contributed by atoms with Gasteiger partial charge < -0.3 is 4.42 Å². The van der Waals surface area contributed by atoms with Crippen LogP contribution in [0.5, 0.6) is 0 Å². The van der Waals surface area contributed by atoms with Gasteiger partial charge in [0, 0.05) is 5.56 Å². The lowest BCUT2D eigenvalue weighted by Crippen LogP contribution is -1.78. The third-order valence-electron chi connectivity index (χ3n) is 1.27. The van der Waals surface area contributed by atoms with Crippen molar-refractivity contribution in [3.05, 3.63) is 29.7 Å². The minimum atomic E-state index is -0.0381. The van der Waals surface area contributed by atoms with Gasteiger partial charge in [0.1, 0.15) is 0 Å². The molecule has 0 bridgehead atoms. The van der Waals surface area contributed by atoms with E-state index < -0.39 is 0 Å². The number of carbonyl (C=O) groups is 2. The maximum absolute atomic E-state index is 10.5. The summed E-state index contributed by atoms with van der Waals surface area (Å²) in [6, 6.07) is 1.56. The third kappa shape index (κ3) is 12.4. The summed E-state index contributed by atoms with van der Waals surface area (Å²) in [7, 11) is 0. The van der Waals surface area contributed by atoms with E-state index in [2.05, 4.69) is 0 Å². The van der Waals surface area contributed by atoms with Crippen molar-refractivity contribution in [2.24, 2.45) is 0 Å². The average molecular weight is 254 g/mol. The van der Waals surface area contributed by atoms with E-state index in [9.17, 15) is 9.59 Å². The first kappa shape index (κ1) is 21.6. The normalized spacial score (nSPS) is 7.94. The zero-order valence-corrected chi connectivity index (χ0v) is 12.6. The molecule has 1 aromatic heterocycles. The molecule has 3 heteroatoms. The van der Waals surface area contributed by atoms with Gasteiger partial charge in [-0.1, -0.05) is 41.5 Å². The van der Waals surface area contributed by atoms with Crippen LogP contribution in [0.2, 0.25) is 0 Å². The highest BCUT2D eigenvalue weighted by Gasteiger charge is 1.95. The van der Waals surface area contributed by atoms with Gasteiger partial charge in [-0.3, -0.25) is 9.59 Å². The Hall–Kier alpha value is -1.64. The number of carbonyl (C=O) groups excluding carboxylic acids is 2. The van der Waals surface area contributed by atoms with Crippen molar-refractivity contribution < 1.29 is 14.0 Å². The van der Waals surface area contributed by atoms with E-state index >= 15 is 0 Å². The van der Waals surface area contributed by atoms with E-state index in [0.29, 0.717) is 11.8 Å². The maximum Gasteiger partial charge on any atom is 0.185 e. The number of ketones is 1. The fourth-order valence-corrected chi connectivity index (χ4v) is 0.731. The highest BCUT2D eigenvalue weighted by atomic mass is 16.3. The predicted octanol–water partition coefficient (Wildman–Crippen LogP) is 4.77. The first-order valence-electron chi connectivity index (χ1n) is 6.45. The van der Waals surface area contributed by atoms with Gasteiger partial charge in [-0.2, -0.15) is 0 Å². The van der Waals surface area contributed by atoms with Crippen molar-refractivity contribution in [3.8, 4) is 0 Å². The van der Waals surface area contributed by atoms with Crippen molar-refractivity contribution >= 4 is 18.1 Å². The van der Waals surface area contributed by atoms with Crippen molar-refractivity contribution in [2.45, 2.75) is 48.5 Å². The van der Waals surface area contributed by atoms with Gasteiger partial charge in [-0.25, -0.2) is 0 Å². The Bertz CT molecular complexity index is 322. The largest absolute Gasteiger partial charge is 0.461 e. The smallest absolute Gasteiger partial charge is 0.185 e. The number of hydrogen-bond acceptors (Lipinski definition) is 3. The zero-order chi connectivity index (χ0) is 15.0. The Morgan fingerprint density at radius 1 is 1.11 bits per heavy atom. The summed E-state index contributed by atoms with van der Waals surface area (Å²) in [6.07, 6.45) is 5.05. The Morgan fingerprint density at radius 2 is 1.61 bits per heavy atom. The van der Waals surface area contributed by atoms with E-state index in [4.69, 9.17) is 4.42 Å². The van der Waals surface area contributed by atoms with Gasteiger partial charge in [-0.05, 0) is 25.1 Å². The molecule has 0 saturated carbocycles. The molecule has 1 aromatic rings. The molecule has 1 heterocycles. The van der Waals surface area contributed by atoms with Crippen molar-refractivity contribution in [2.75, 3.05) is 0 Å². The van der Waals surface area contributed by atoms with Crippen LogP contribution >= 0.6 is 0 Å². The number of aldehydes is 1. The van der Waals surface area contributed by atoms with Crippen LogP contribution in [0.4, 0.5) is 0 Å². The lowest BCUT2D eigenvalue weighted by Gasteiger charge is -1.78. The van der Waals surface area contributed by atoms with Crippen LogP contribution in [0.3, 0.4) is 0 Å². The number of hydrogen-bond donors (Lipinski definition) is 0. The lowest BCUT2D eigenvalue weighted by atomic mass is 10.2. The molecule has 18 heavy (non-hydrogen) atoms. The summed E-state index contributed by atoms with van der Waals surface area (Å²) in [5, 5.41) is 0. The molecule has 0 aliphatic heterocycles. The van der Waals surface area contributed by atoms with Gasteiger partial charge in [-0.15, -0.1) is 0 Å². The summed E-state index contributed by atoms with van der Waals surface area (Å²) >= 11 is 0. The Labute approximate surface area is 111 Å². The van der Waals surface area contributed by atoms with Crippen LogP contribution in [0.15, 0.2) is 22.8 Å². The van der Waals surface area contributed by atoms with E-state index in [-0.39, 0.29) is 11.5 Å². The van der Waals surface area contributed by atoms with Crippen LogP contribution < -0.4 is 0 Å². The summed E-state index contributed by atoms with van der Waals surface area (Å²) in [5.41, 5.74) is 0.715. The molecule has 0 aliphatic rings. The molecule has 0 amide bonds. The molecule has 0 aliphatic carbocycles. The maximum atomic E-state index is 10.5. The second-order valence-corrected chi connectivity index (χ2v) is 2.34. The summed E-state index contributed by atoms with van der Waals surface area (Å²) in [6.45, 7) is 13.5. The molecule has 0 radical (unpaired) electrons. The van der Waals surface area contributed by atoms with Gasteiger partial charge >= 0.3 is 0 Å². The SMILES string of the molecule is CC.CC.CC.CC(=O)/C=C/c1coc(C=O)c1. The number of rotatable bonds is 3. The minimum absolute atomic E-state index is 0.0381. The van der Waals surface area contributed by atoms with Crippen LogP contribution in [0.1, 0.15) is 64.6 Å².